The van der Waals surface area contributed by atoms with Gasteiger partial charge in [0.25, 0.3) is 5.56 Å². The molecule has 3 aromatic heterocycles. The Hall–Kier alpha value is -2.80. The minimum Gasteiger partial charge on any atom is -0.383 e. The molecule has 0 fully saturated rings. The van der Waals surface area contributed by atoms with Crippen LogP contribution < -0.4 is 5.56 Å². The number of nitrogens with zero attached hydrogens (tertiary/aromatic N) is 5. The second-order valence-corrected chi connectivity index (χ2v) is 6.82. The van der Waals surface area contributed by atoms with Crippen LogP contribution >= 0.6 is 0 Å². The number of fused-ring (bicyclic) bond motifs is 4. The number of ether oxygens (including phenoxy) is 1. The fraction of sp³-hybridized carbons (Fsp3) is 0.368. The minimum absolute atomic E-state index is 0.0746. The zero-order valence-corrected chi connectivity index (χ0v) is 15.1. The van der Waals surface area contributed by atoms with Gasteiger partial charge in [-0.3, -0.25) is 9.36 Å². The number of rotatable bonds is 5. The largest absolute Gasteiger partial charge is 0.383 e. The standard InChI is InChI=1S/C19H21N5O2/c1-12(2)10-23-11-20-17-15(19(23)25)16-18(24(17)8-9-26-3)22-14-7-5-4-6-13(14)21-16/h4-7,11-12H,8-10H2,1-3H3. The third kappa shape index (κ3) is 2.64. The summed E-state index contributed by atoms with van der Waals surface area (Å²) in [5, 5.41) is 0.525. The number of hydrogen-bond donors (Lipinski definition) is 0. The monoisotopic (exact) mass is 351 g/mol. The van der Waals surface area contributed by atoms with Gasteiger partial charge in [-0.25, -0.2) is 15.0 Å². The van der Waals surface area contributed by atoms with E-state index in [1.165, 1.54) is 0 Å². The third-order valence-corrected chi connectivity index (χ3v) is 4.40. The van der Waals surface area contributed by atoms with Crippen LogP contribution in [0.3, 0.4) is 0 Å². The minimum atomic E-state index is -0.0746. The second-order valence-electron chi connectivity index (χ2n) is 6.82. The van der Waals surface area contributed by atoms with Crippen LogP contribution in [0.1, 0.15) is 13.8 Å². The molecule has 0 saturated heterocycles. The molecule has 0 aliphatic rings. The van der Waals surface area contributed by atoms with Crippen LogP contribution in [0.15, 0.2) is 35.4 Å². The summed E-state index contributed by atoms with van der Waals surface area (Å²) in [4.78, 5) is 27.2. The Morgan fingerprint density at radius 2 is 1.85 bits per heavy atom. The predicted octanol–water partition coefficient (Wildman–Crippen LogP) is 2.60. The van der Waals surface area contributed by atoms with Gasteiger partial charge >= 0.3 is 0 Å². The van der Waals surface area contributed by atoms with Crippen molar-refractivity contribution < 1.29 is 4.74 Å². The first-order chi connectivity index (χ1) is 12.6. The van der Waals surface area contributed by atoms with E-state index in [4.69, 9.17) is 14.7 Å². The Morgan fingerprint density at radius 3 is 2.54 bits per heavy atom. The molecule has 26 heavy (non-hydrogen) atoms. The summed E-state index contributed by atoms with van der Waals surface area (Å²) in [6.07, 6.45) is 1.62. The Balaban J connectivity index is 2.10. The van der Waals surface area contributed by atoms with Crippen molar-refractivity contribution in [2.75, 3.05) is 13.7 Å². The van der Waals surface area contributed by atoms with E-state index in [0.717, 1.165) is 11.0 Å². The molecule has 1 aromatic carbocycles. The highest BCUT2D eigenvalue weighted by atomic mass is 16.5. The normalized spacial score (nSPS) is 12.0. The highest BCUT2D eigenvalue weighted by Gasteiger charge is 2.19. The van der Waals surface area contributed by atoms with E-state index < -0.39 is 0 Å². The summed E-state index contributed by atoms with van der Waals surface area (Å²) < 4.78 is 8.81. The molecule has 4 aromatic rings. The first kappa shape index (κ1) is 16.7. The van der Waals surface area contributed by atoms with E-state index in [1.807, 2.05) is 28.8 Å². The van der Waals surface area contributed by atoms with Crippen molar-refractivity contribution in [3.63, 3.8) is 0 Å². The van der Waals surface area contributed by atoms with Crippen molar-refractivity contribution in [3.8, 4) is 0 Å². The fourth-order valence-electron chi connectivity index (χ4n) is 3.26. The molecule has 0 radical (unpaired) electrons. The maximum absolute atomic E-state index is 13.1. The number of methoxy groups -OCH3 is 1. The second kappa shape index (κ2) is 6.49. The number of aromatic nitrogens is 5. The molecule has 7 heteroatoms. The molecule has 134 valence electrons. The maximum atomic E-state index is 13.1. The average molecular weight is 351 g/mol. The number of para-hydroxylation sites is 2. The molecule has 0 unspecified atom stereocenters. The SMILES string of the molecule is COCCn1c2nc3ccccc3nc2c2c(=O)n(CC(C)C)cnc21. The molecule has 4 rings (SSSR count). The molecule has 0 spiro atoms. The van der Waals surface area contributed by atoms with Crippen LogP contribution in [0.2, 0.25) is 0 Å². The fourth-order valence-corrected chi connectivity index (χ4v) is 3.26. The van der Waals surface area contributed by atoms with Gasteiger partial charge in [0.2, 0.25) is 0 Å². The van der Waals surface area contributed by atoms with E-state index in [-0.39, 0.29) is 5.56 Å². The summed E-state index contributed by atoms with van der Waals surface area (Å²) >= 11 is 0. The Morgan fingerprint density at radius 1 is 1.12 bits per heavy atom. The maximum Gasteiger partial charge on any atom is 0.265 e. The zero-order valence-electron chi connectivity index (χ0n) is 15.1. The van der Waals surface area contributed by atoms with Crippen molar-refractivity contribution >= 4 is 33.2 Å². The first-order valence-corrected chi connectivity index (χ1v) is 8.73. The van der Waals surface area contributed by atoms with Gasteiger partial charge in [0, 0.05) is 20.2 Å². The predicted molar refractivity (Wildman–Crippen MR) is 101 cm³/mol. The van der Waals surface area contributed by atoms with Crippen LogP contribution in [0, 0.1) is 5.92 Å². The zero-order chi connectivity index (χ0) is 18.3. The lowest BCUT2D eigenvalue weighted by atomic mass is 10.2. The molecule has 3 heterocycles. The molecule has 0 amide bonds. The summed E-state index contributed by atoms with van der Waals surface area (Å²) in [6.45, 7) is 5.83. The third-order valence-electron chi connectivity index (χ3n) is 4.40. The van der Waals surface area contributed by atoms with Crippen LogP contribution in [0.4, 0.5) is 0 Å². The lowest BCUT2D eigenvalue weighted by molar-refractivity contribution is 0.189. The molecule has 0 aliphatic carbocycles. The topological polar surface area (TPSA) is 74.8 Å². The molecule has 0 N–H and O–H groups in total. The van der Waals surface area contributed by atoms with Gasteiger partial charge in [0.05, 0.1) is 24.0 Å². The van der Waals surface area contributed by atoms with E-state index in [0.29, 0.717) is 47.8 Å². The molecule has 0 bridgehead atoms. The van der Waals surface area contributed by atoms with Crippen molar-refractivity contribution in [3.05, 3.63) is 40.9 Å². The van der Waals surface area contributed by atoms with Crippen molar-refractivity contribution in [2.45, 2.75) is 26.9 Å². The summed E-state index contributed by atoms with van der Waals surface area (Å²) in [6, 6.07) is 7.68. The Bertz CT molecular complexity index is 1160. The molecule has 0 aliphatic heterocycles. The lowest BCUT2D eigenvalue weighted by Gasteiger charge is -2.08. The Labute approximate surface area is 150 Å². The van der Waals surface area contributed by atoms with Gasteiger partial charge in [-0.15, -0.1) is 0 Å². The summed E-state index contributed by atoms with van der Waals surface area (Å²) in [5.41, 5.74) is 3.37. The summed E-state index contributed by atoms with van der Waals surface area (Å²) in [5.74, 6) is 0.348. The van der Waals surface area contributed by atoms with Gasteiger partial charge < -0.3 is 9.30 Å². The molecule has 0 atom stereocenters. The molecule has 0 saturated carbocycles. The van der Waals surface area contributed by atoms with Gasteiger partial charge in [0.1, 0.15) is 10.9 Å². The average Bonchev–Trinajstić information content (AvgIpc) is 2.93. The summed E-state index contributed by atoms with van der Waals surface area (Å²) in [7, 11) is 1.65. The van der Waals surface area contributed by atoms with E-state index in [1.54, 1.807) is 18.0 Å². The van der Waals surface area contributed by atoms with Crippen LogP contribution in [0.25, 0.3) is 33.2 Å². The molecular weight excluding hydrogens is 330 g/mol. The Kier molecular flexibility index (Phi) is 4.16. The van der Waals surface area contributed by atoms with Crippen molar-refractivity contribution in [2.24, 2.45) is 5.92 Å². The van der Waals surface area contributed by atoms with Gasteiger partial charge in [-0.1, -0.05) is 26.0 Å². The van der Waals surface area contributed by atoms with Gasteiger partial charge in [-0.2, -0.15) is 0 Å². The van der Waals surface area contributed by atoms with Crippen LogP contribution in [0.5, 0.6) is 0 Å². The van der Waals surface area contributed by atoms with Crippen LogP contribution in [-0.2, 0) is 17.8 Å². The van der Waals surface area contributed by atoms with Crippen LogP contribution in [-0.4, -0.2) is 37.8 Å². The van der Waals surface area contributed by atoms with Crippen molar-refractivity contribution in [1.82, 2.24) is 24.1 Å². The van der Waals surface area contributed by atoms with E-state index in [9.17, 15) is 4.79 Å². The van der Waals surface area contributed by atoms with E-state index >= 15 is 0 Å². The van der Waals surface area contributed by atoms with Gasteiger partial charge in [0.15, 0.2) is 11.3 Å². The number of hydrogen-bond acceptors (Lipinski definition) is 5. The highest BCUT2D eigenvalue weighted by molar-refractivity contribution is 6.04. The number of benzene rings is 1. The van der Waals surface area contributed by atoms with Crippen molar-refractivity contribution in [1.29, 1.82) is 0 Å². The first-order valence-electron chi connectivity index (χ1n) is 8.73. The smallest absolute Gasteiger partial charge is 0.265 e. The lowest BCUT2D eigenvalue weighted by Crippen LogP contribution is -2.23. The van der Waals surface area contributed by atoms with E-state index in [2.05, 4.69) is 18.8 Å². The molecular formula is C19H21N5O2. The quantitative estimate of drug-likeness (QED) is 0.552. The van der Waals surface area contributed by atoms with Gasteiger partial charge in [-0.05, 0) is 18.1 Å². The highest BCUT2D eigenvalue weighted by Crippen LogP contribution is 2.24. The molecule has 7 nitrogen and oxygen atoms in total.